The molecule has 0 saturated heterocycles. The molecule has 1 aliphatic heterocycles. The molecule has 0 radical (unpaired) electrons. The Bertz CT molecular complexity index is 613. The van der Waals surface area contributed by atoms with Gasteiger partial charge in [0, 0.05) is 11.9 Å². The number of fused-ring (bicyclic) bond motifs is 3. The molecule has 0 fully saturated rings. The number of carbonyl (C=O) groups is 1. The molecule has 2 aromatic rings. The molecule has 1 amide bonds. The fraction of sp³-hybridized carbons (Fsp3) is 0.308. The smallest absolute Gasteiger partial charge is 0.268 e. The first-order valence-corrected chi connectivity index (χ1v) is 5.85. The van der Waals surface area contributed by atoms with Gasteiger partial charge in [0.25, 0.3) is 5.91 Å². The Morgan fingerprint density at radius 1 is 1.35 bits per heavy atom. The van der Waals surface area contributed by atoms with Crippen molar-refractivity contribution in [2.45, 2.75) is 19.8 Å². The summed E-state index contributed by atoms with van der Waals surface area (Å²) in [4.78, 5) is 15.1. The van der Waals surface area contributed by atoms with Crippen molar-refractivity contribution < 1.29 is 4.79 Å². The fourth-order valence-corrected chi connectivity index (χ4v) is 2.54. The van der Waals surface area contributed by atoms with Crippen molar-refractivity contribution >= 4 is 22.5 Å². The lowest BCUT2D eigenvalue weighted by atomic mass is 10.0. The van der Waals surface area contributed by atoms with Gasteiger partial charge in [0.2, 0.25) is 0 Å². The molecule has 0 aliphatic carbocycles. The Morgan fingerprint density at radius 2 is 2.18 bits per heavy atom. The van der Waals surface area contributed by atoms with Gasteiger partial charge >= 0.3 is 0 Å². The van der Waals surface area contributed by atoms with E-state index in [0.29, 0.717) is 11.4 Å². The van der Waals surface area contributed by atoms with Gasteiger partial charge in [-0.1, -0.05) is 0 Å². The first-order chi connectivity index (χ1) is 8.16. The minimum absolute atomic E-state index is 0.0225. The summed E-state index contributed by atoms with van der Waals surface area (Å²) >= 11 is 0. The third-order valence-corrected chi connectivity index (χ3v) is 3.31. The standard InChI is InChI=1S/C13H15N3O/c1-7-5-9-8-3-2-4-15-13(17)12(8)16-11(9)10(14)6-7/h5-6,16H,2-4,14H2,1H3,(H,15,17). The number of benzene rings is 1. The van der Waals surface area contributed by atoms with Crippen LogP contribution in [-0.2, 0) is 6.42 Å². The van der Waals surface area contributed by atoms with E-state index in [-0.39, 0.29) is 5.91 Å². The Labute approximate surface area is 99.2 Å². The average Bonchev–Trinajstić information content (AvgIpc) is 2.53. The van der Waals surface area contributed by atoms with E-state index >= 15 is 0 Å². The molecular weight excluding hydrogens is 214 g/mol. The number of anilines is 1. The van der Waals surface area contributed by atoms with Crippen LogP contribution in [0.3, 0.4) is 0 Å². The number of hydrogen-bond acceptors (Lipinski definition) is 2. The summed E-state index contributed by atoms with van der Waals surface area (Å²) in [5, 5.41) is 3.98. The van der Waals surface area contributed by atoms with E-state index in [1.54, 1.807) is 0 Å². The maximum absolute atomic E-state index is 11.9. The topological polar surface area (TPSA) is 70.9 Å². The SMILES string of the molecule is Cc1cc(N)c2[nH]c3c(c2c1)CCCNC3=O. The number of H-pyrrole nitrogens is 1. The molecule has 4 nitrogen and oxygen atoms in total. The van der Waals surface area contributed by atoms with E-state index in [1.807, 2.05) is 13.0 Å². The second kappa shape index (κ2) is 3.52. The molecule has 0 saturated carbocycles. The van der Waals surface area contributed by atoms with Crippen molar-refractivity contribution in [3.8, 4) is 0 Å². The minimum Gasteiger partial charge on any atom is -0.397 e. The number of rotatable bonds is 0. The van der Waals surface area contributed by atoms with Gasteiger partial charge in [-0.15, -0.1) is 0 Å². The highest BCUT2D eigenvalue weighted by Crippen LogP contribution is 2.30. The predicted molar refractivity (Wildman–Crippen MR) is 68.1 cm³/mol. The number of nitrogen functional groups attached to an aromatic ring is 1. The maximum Gasteiger partial charge on any atom is 0.268 e. The highest BCUT2D eigenvalue weighted by molar-refractivity contribution is 6.04. The number of nitrogens with two attached hydrogens (primary N) is 1. The van der Waals surface area contributed by atoms with Crippen LogP contribution in [0, 0.1) is 6.92 Å². The number of amides is 1. The van der Waals surface area contributed by atoms with Crippen LogP contribution < -0.4 is 11.1 Å². The molecule has 4 heteroatoms. The monoisotopic (exact) mass is 229 g/mol. The number of aromatic nitrogens is 1. The average molecular weight is 229 g/mol. The van der Waals surface area contributed by atoms with Gasteiger partial charge < -0.3 is 16.0 Å². The van der Waals surface area contributed by atoms with Crippen LogP contribution in [0.1, 0.15) is 28.0 Å². The van der Waals surface area contributed by atoms with Crippen molar-refractivity contribution in [3.63, 3.8) is 0 Å². The molecule has 1 aromatic carbocycles. The summed E-state index contributed by atoms with van der Waals surface area (Å²) in [6.07, 6.45) is 1.89. The number of hydrogen-bond donors (Lipinski definition) is 3. The molecule has 0 atom stereocenters. The molecular formula is C13H15N3O. The maximum atomic E-state index is 11.9. The number of aromatic amines is 1. The number of aryl methyl sites for hydroxylation is 2. The first kappa shape index (κ1) is 10.2. The second-order valence-corrected chi connectivity index (χ2v) is 4.61. The third-order valence-electron chi connectivity index (χ3n) is 3.31. The van der Waals surface area contributed by atoms with E-state index in [4.69, 9.17) is 5.73 Å². The normalized spacial score (nSPS) is 15.5. The van der Waals surface area contributed by atoms with Gasteiger partial charge in [-0.05, 0) is 43.0 Å². The largest absolute Gasteiger partial charge is 0.397 e. The number of carbonyl (C=O) groups excluding carboxylic acids is 1. The Balaban J connectivity index is 2.35. The predicted octanol–water partition coefficient (Wildman–Crippen LogP) is 1.73. The van der Waals surface area contributed by atoms with Crippen LogP contribution in [0.5, 0.6) is 0 Å². The van der Waals surface area contributed by atoms with E-state index in [9.17, 15) is 4.79 Å². The van der Waals surface area contributed by atoms with Crippen LogP contribution in [0.2, 0.25) is 0 Å². The molecule has 0 spiro atoms. The van der Waals surface area contributed by atoms with Crippen molar-refractivity contribution in [1.82, 2.24) is 10.3 Å². The molecule has 3 rings (SSSR count). The van der Waals surface area contributed by atoms with E-state index in [0.717, 1.165) is 41.4 Å². The van der Waals surface area contributed by atoms with Gasteiger partial charge in [-0.2, -0.15) is 0 Å². The summed E-state index contributed by atoms with van der Waals surface area (Å²) in [5.41, 5.74) is 10.5. The third kappa shape index (κ3) is 1.48. The summed E-state index contributed by atoms with van der Waals surface area (Å²) in [7, 11) is 0. The lowest BCUT2D eigenvalue weighted by molar-refractivity contribution is 0.0952. The van der Waals surface area contributed by atoms with Gasteiger partial charge in [0.1, 0.15) is 5.69 Å². The van der Waals surface area contributed by atoms with Crippen molar-refractivity contribution in [1.29, 1.82) is 0 Å². The van der Waals surface area contributed by atoms with Crippen molar-refractivity contribution in [2.75, 3.05) is 12.3 Å². The summed E-state index contributed by atoms with van der Waals surface area (Å²) in [6, 6.07) is 4.02. The van der Waals surface area contributed by atoms with E-state index in [2.05, 4.69) is 16.4 Å². The summed E-state index contributed by atoms with van der Waals surface area (Å²) < 4.78 is 0. The molecule has 1 aliphatic rings. The van der Waals surface area contributed by atoms with Crippen LogP contribution in [0.4, 0.5) is 5.69 Å². The zero-order chi connectivity index (χ0) is 12.0. The molecule has 0 bridgehead atoms. The highest BCUT2D eigenvalue weighted by Gasteiger charge is 2.20. The van der Waals surface area contributed by atoms with E-state index < -0.39 is 0 Å². The van der Waals surface area contributed by atoms with Gasteiger partial charge in [0.15, 0.2) is 0 Å². The van der Waals surface area contributed by atoms with Crippen LogP contribution in [-0.4, -0.2) is 17.4 Å². The van der Waals surface area contributed by atoms with E-state index in [1.165, 1.54) is 0 Å². The Kier molecular flexibility index (Phi) is 2.11. The number of nitrogens with one attached hydrogen (secondary N) is 2. The van der Waals surface area contributed by atoms with Crippen LogP contribution in [0.25, 0.3) is 10.9 Å². The Morgan fingerprint density at radius 3 is 3.00 bits per heavy atom. The van der Waals surface area contributed by atoms with Crippen molar-refractivity contribution in [2.24, 2.45) is 0 Å². The first-order valence-electron chi connectivity index (χ1n) is 5.85. The van der Waals surface area contributed by atoms with Gasteiger partial charge in [-0.25, -0.2) is 0 Å². The highest BCUT2D eigenvalue weighted by atomic mass is 16.1. The Hall–Kier alpha value is -1.97. The zero-order valence-corrected chi connectivity index (χ0v) is 9.76. The second-order valence-electron chi connectivity index (χ2n) is 4.61. The summed E-state index contributed by atoms with van der Waals surface area (Å²) in [6.45, 7) is 2.76. The molecule has 88 valence electrons. The van der Waals surface area contributed by atoms with Crippen molar-refractivity contribution in [3.05, 3.63) is 29.0 Å². The lowest BCUT2D eigenvalue weighted by Gasteiger charge is -2.01. The van der Waals surface area contributed by atoms with Crippen LogP contribution in [0.15, 0.2) is 12.1 Å². The molecule has 4 N–H and O–H groups in total. The van der Waals surface area contributed by atoms with Gasteiger partial charge in [-0.3, -0.25) is 4.79 Å². The van der Waals surface area contributed by atoms with Gasteiger partial charge in [0.05, 0.1) is 11.2 Å². The molecule has 17 heavy (non-hydrogen) atoms. The lowest BCUT2D eigenvalue weighted by Crippen LogP contribution is -2.22. The molecule has 0 unspecified atom stereocenters. The quantitative estimate of drug-likeness (QED) is 0.602. The molecule has 1 aromatic heterocycles. The fourth-order valence-electron chi connectivity index (χ4n) is 2.54. The minimum atomic E-state index is -0.0225. The van der Waals surface area contributed by atoms with Crippen LogP contribution >= 0.6 is 0 Å². The summed E-state index contributed by atoms with van der Waals surface area (Å²) in [5.74, 6) is -0.0225. The molecule has 2 heterocycles. The zero-order valence-electron chi connectivity index (χ0n) is 9.76.